The maximum atomic E-state index is 12.5. The normalized spacial score (nSPS) is 11.7. The Morgan fingerprint density at radius 1 is 1.17 bits per heavy atom. The zero-order chi connectivity index (χ0) is 18.1. The number of methoxy groups -OCH3 is 2. The third-order valence-corrected chi connectivity index (χ3v) is 3.76. The Balaban J connectivity index is 2.71. The van der Waals surface area contributed by atoms with E-state index in [1.165, 1.54) is 7.11 Å². The van der Waals surface area contributed by atoms with E-state index in [2.05, 4.69) is 0 Å². The van der Waals surface area contributed by atoms with Gasteiger partial charge in [-0.1, -0.05) is 25.1 Å². The van der Waals surface area contributed by atoms with Gasteiger partial charge in [0.15, 0.2) is 6.61 Å². The summed E-state index contributed by atoms with van der Waals surface area (Å²) in [5, 5.41) is 0. The van der Waals surface area contributed by atoms with Crippen LogP contribution in [-0.4, -0.2) is 57.3 Å². The topological polar surface area (TPSA) is 65.1 Å². The minimum atomic E-state index is -0.406. The molecule has 0 fully saturated rings. The monoisotopic (exact) mass is 337 g/mol. The third-order valence-electron chi connectivity index (χ3n) is 3.76. The van der Waals surface area contributed by atoms with E-state index in [1.54, 1.807) is 18.9 Å². The summed E-state index contributed by atoms with van der Waals surface area (Å²) >= 11 is 0. The molecule has 1 unspecified atom stereocenters. The van der Waals surface area contributed by atoms with Crippen molar-refractivity contribution in [3.8, 4) is 5.75 Å². The summed E-state index contributed by atoms with van der Waals surface area (Å²) in [5.41, 5.74) is 1.96. The molecule has 0 aromatic heterocycles. The predicted molar refractivity (Wildman–Crippen MR) is 91.0 cm³/mol. The number of benzene rings is 1. The lowest BCUT2D eigenvalue weighted by Gasteiger charge is -2.25. The molecule has 1 aromatic carbocycles. The quantitative estimate of drug-likeness (QED) is 0.645. The van der Waals surface area contributed by atoms with Gasteiger partial charge in [0.2, 0.25) is 0 Å². The molecule has 6 nitrogen and oxygen atoms in total. The molecule has 0 bridgehead atoms. The average molecular weight is 337 g/mol. The molecule has 1 atom stereocenters. The molecule has 1 rings (SSSR count). The lowest BCUT2D eigenvalue weighted by Crippen LogP contribution is -2.41. The van der Waals surface area contributed by atoms with Gasteiger partial charge in [0.05, 0.1) is 19.6 Å². The third kappa shape index (κ3) is 5.85. The van der Waals surface area contributed by atoms with Crippen molar-refractivity contribution in [2.24, 2.45) is 5.92 Å². The van der Waals surface area contributed by atoms with Crippen molar-refractivity contribution in [1.82, 2.24) is 4.90 Å². The Bertz CT molecular complexity index is 538. The van der Waals surface area contributed by atoms with E-state index in [9.17, 15) is 9.59 Å². The van der Waals surface area contributed by atoms with Crippen LogP contribution in [0.1, 0.15) is 18.1 Å². The summed E-state index contributed by atoms with van der Waals surface area (Å²) in [6.45, 7) is 6.58. The predicted octanol–water partition coefficient (Wildman–Crippen LogP) is 1.97. The number of carbonyl (C=O) groups excluding carboxylic acids is 2. The van der Waals surface area contributed by atoms with Crippen molar-refractivity contribution >= 4 is 11.9 Å². The molecular weight excluding hydrogens is 310 g/mol. The van der Waals surface area contributed by atoms with Crippen molar-refractivity contribution in [1.29, 1.82) is 0 Å². The number of nitrogens with zero attached hydrogens (tertiary/aromatic N) is 1. The minimum absolute atomic E-state index is 0.0801. The van der Waals surface area contributed by atoms with Crippen LogP contribution in [0.15, 0.2) is 18.2 Å². The second-order valence-corrected chi connectivity index (χ2v) is 5.77. The molecule has 0 heterocycles. The molecule has 0 aliphatic heterocycles. The van der Waals surface area contributed by atoms with Gasteiger partial charge < -0.3 is 19.1 Å². The van der Waals surface area contributed by atoms with Gasteiger partial charge >= 0.3 is 5.97 Å². The minimum Gasteiger partial charge on any atom is -0.483 e. The highest BCUT2D eigenvalue weighted by atomic mass is 16.5. The molecule has 0 N–H and O–H groups in total. The average Bonchev–Trinajstić information content (AvgIpc) is 2.56. The molecule has 0 aliphatic carbocycles. The SMILES string of the molecule is COCCN(CC(C)C(=O)OC)C(=O)COc1c(C)cccc1C. The first-order valence-corrected chi connectivity index (χ1v) is 7.94. The van der Waals surface area contributed by atoms with Crippen LogP contribution in [0.4, 0.5) is 0 Å². The van der Waals surface area contributed by atoms with Gasteiger partial charge in [0, 0.05) is 20.2 Å². The lowest BCUT2D eigenvalue weighted by atomic mass is 10.1. The van der Waals surface area contributed by atoms with Crippen molar-refractivity contribution in [3.63, 3.8) is 0 Å². The Morgan fingerprint density at radius 2 is 1.79 bits per heavy atom. The number of ether oxygens (including phenoxy) is 3. The molecule has 24 heavy (non-hydrogen) atoms. The highest BCUT2D eigenvalue weighted by Gasteiger charge is 2.22. The fourth-order valence-corrected chi connectivity index (χ4v) is 2.38. The maximum absolute atomic E-state index is 12.5. The Hall–Kier alpha value is -2.08. The van der Waals surface area contributed by atoms with E-state index in [0.29, 0.717) is 13.2 Å². The van der Waals surface area contributed by atoms with Crippen LogP contribution in [0, 0.1) is 19.8 Å². The molecule has 134 valence electrons. The van der Waals surface area contributed by atoms with Gasteiger partial charge in [-0.2, -0.15) is 0 Å². The molecule has 0 radical (unpaired) electrons. The zero-order valence-electron chi connectivity index (χ0n) is 15.1. The van der Waals surface area contributed by atoms with E-state index in [4.69, 9.17) is 14.2 Å². The second-order valence-electron chi connectivity index (χ2n) is 5.77. The molecule has 0 spiro atoms. The van der Waals surface area contributed by atoms with Crippen LogP contribution in [0.2, 0.25) is 0 Å². The van der Waals surface area contributed by atoms with Crippen LogP contribution in [-0.2, 0) is 19.1 Å². The van der Waals surface area contributed by atoms with Gasteiger partial charge in [-0.05, 0) is 25.0 Å². The van der Waals surface area contributed by atoms with Gasteiger partial charge in [-0.3, -0.25) is 9.59 Å². The molecular formula is C18H27NO5. The fourth-order valence-electron chi connectivity index (χ4n) is 2.38. The number of amides is 1. The van der Waals surface area contributed by atoms with E-state index < -0.39 is 5.92 Å². The van der Waals surface area contributed by atoms with Crippen molar-refractivity contribution in [2.45, 2.75) is 20.8 Å². The maximum Gasteiger partial charge on any atom is 0.310 e. The zero-order valence-corrected chi connectivity index (χ0v) is 15.1. The van der Waals surface area contributed by atoms with Gasteiger partial charge in [-0.25, -0.2) is 0 Å². The van der Waals surface area contributed by atoms with Crippen LogP contribution in [0.3, 0.4) is 0 Å². The van der Waals surface area contributed by atoms with Crippen LogP contribution >= 0.6 is 0 Å². The number of para-hydroxylation sites is 1. The highest BCUT2D eigenvalue weighted by Crippen LogP contribution is 2.22. The molecule has 0 saturated heterocycles. The molecule has 0 aliphatic rings. The summed E-state index contributed by atoms with van der Waals surface area (Å²) in [4.78, 5) is 25.6. The first kappa shape index (κ1) is 20.0. The second kappa shape index (κ2) is 9.93. The molecule has 0 saturated carbocycles. The Morgan fingerprint density at radius 3 is 2.33 bits per heavy atom. The molecule has 1 aromatic rings. The number of aryl methyl sites for hydroxylation is 2. The van der Waals surface area contributed by atoms with E-state index >= 15 is 0 Å². The Kier molecular flexibility index (Phi) is 8.26. The number of rotatable bonds is 9. The van der Waals surface area contributed by atoms with Crippen LogP contribution < -0.4 is 4.74 Å². The Labute approximate surface area is 143 Å². The van der Waals surface area contributed by atoms with E-state index in [-0.39, 0.29) is 25.0 Å². The van der Waals surface area contributed by atoms with Crippen LogP contribution in [0.5, 0.6) is 5.75 Å². The van der Waals surface area contributed by atoms with E-state index in [0.717, 1.165) is 16.9 Å². The van der Waals surface area contributed by atoms with E-state index in [1.807, 2.05) is 32.0 Å². The summed E-state index contributed by atoms with van der Waals surface area (Å²) in [6.07, 6.45) is 0. The number of carbonyl (C=O) groups is 2. The van der Waals surface area contributed by atoms with Gasteiger partial charge in [0.1, 0.15) is 5.75 Å². The highest BCUT2D eigenvalue weighted by molar-refractivity contribution is 5.79. The van der Waals surface area contributed by atoms with Gasteiger partial charge in [-0.15, -0.1) is 0 Å². The lowest BCUT2D eigenvalue weighted by molar-refractivity contribution is -0.146. The largest absolute Gasteiger partial charge is 0.483 e. The summed E-state index contributed by atoms with van der Waals surface area (Å²) in [5.74, 6) is -0.221. The van der Waals surface area contributed by atoms with Crippen molar-refractivity contribution < 1.29 is 23.8 Å². The van der Waals surface area contributed by atoms with Gasteiger partial charge in [0.25, 0.3) is 5.91 Å². The van der Waals surface area contributed by atoms with Crippen molar-refractivity contribution in [3.05, 3.63) is 29.3 Å². The summed E-state index contributed by atoms with van der Waals surface area (Å²) < 4.78 is 15.5. The fraction of sp³-hybridized carbons (Fsp3) is 0.556. The number of hydrogen-bond acceptors (Lipinski definition) is 5. The van der Waals surface area contributed by atoms with Crippen LogP contribution in [0.25, 0.3) is 0 Å². The van der Waals surface area contributed by atoms with Crippen molar-refractivity contribution in [2.75, 3.05) is 40.5 Å². The first-order chi connectivity index (χ1) is 11.4. The summed E-state index contributed by atoms with van der Waals surface area (Å²) in [7, 11) is 2.91. The standard InChI is InChI=1S/C18H27NO5/c1-13-7-6-8-14(2)17(13)24-12-16(20)19(9-10-22-4)11-15(3)18(21)23-5/h6-8,15H,9-12H2,1-5H3. The number of esters is 1. The summed E-state index contributed by atoms with van der Waals surface area (Å²) in [6, 6.07) is 5.83. The molecule has 6 heteroatoms. The smallest absolute Gasteiger partial charge is 0.310 e. The first-order valence-electron chi connectivity index (χ1n) is 7.94. The number of hydrogen-bond donors (Lipinski definition) is 0. The molecule has 1 amide bonds.